The number of aryl methyl sites for hydroxylation is 1. The van der Waals surface area contributed by atoms with Gasteiger partial charge in [0.25, 0.3) is 0 Å². The van der Waals surface area contributed by atoms with E-state index in [0.717, 1.165) is 17.5 Å². The second-order valence-electron chi connectivity index (χ2n) is 6.76. The highest BCUT2D eigenvalue weighted by molar-refractivity contribution is 7.89. The molecule has 0 bridgehead atoms. The van der Waals surface area contributed by atoms with Gasteiger partial charge in [0.1, 0.15) is 0 Å². The zero-order valence-electron chi connectivity index (χ0n) is 15.2. The van der Waals surface area contributed by atoms with E-state index < -0.39 is 10.0 Å². The van der Waals surface area contributed by atoms with E-state index >= 15 is 0 Å². The van der Waals surface area contributed by atoms with Crippen LogP contribution in [0.5, 0.6) is 0 Å². The Morgan fingerprint density at radius 1 is 1.04 bits per heavy atom. The normalized spacial score (nSPS) is 21.9. The van der Waals surface area contributed by atoms with Gasteiger partial charge in [-0.3, -0.25) is 0 Å². The van der Waals surface area contributed by atoms with Gasteiger partial charge in [-0.2, -0.15) is 4.31 Å². The highest BCUT2D eigenvalue weighted by Gasteiger charge is 2.34. The molecule has 0 N–H and O–H groups in total. The number of methoxy groups -OCH3 is 1. The van der Waals surface area contributed by atoms with Crippen molar-refractivity contribution in [3.05, 3.63) is 71.8 Å². The predicted octanol–water partition coefficient (Wildman–Crippen LogP) is 3.73. The summed E-state index contributed by atoms with van der Waals surface area (Å²) >= 11 is 0. The lowest BCUT2D eigenvalue weighted by Gasteiger charge is -2.35. The van der Waals surface area contributed by atoms with E-state index in [1.807, 2.05) is 49.4 Å². The molecule has 138 valence electrons. The van der Waals surface area contributed by atoms with Crippen molar-refractivity contribution >= 4 is 16.1 Å². The van der Waals surface area contributed by atoms with Crippen LogP contribution in [-0.4, -0.2) is 39.0 Å². The Labute approximate surface area is 156 Å². The monoisotopic (exact) mass is 371 g/mol. The third kappa shape index (κ3) is 4.41. The van der Waals surface area contributed by atoms with Crippen LogP contribution < -0.4 is 0 Å². The first kappa shape index (κ1) is 18.8. The molecule has 0 saturated carbocycles. The molecular formula is C21H25NO3S. The lowest BCUT2D eigenvalue weighted by atomic mass is 9.96. The summed E-state index contributed by atoms with van der Waals surface area (Å²) in [5.74, 6) is 0.120. The minimum atomic E-state index is -3.52. The SMILES string of the molecule is CO[C@@H]1C[C@H](/C=C/c2ccccc2)CN(S(=O)(=O)c2ccc(C)cc2)C1. The number of rotatable bonds is 5. The van der Waals surface area contributed by atoms with E-state index in [9.17, 15) is 8.42 Å². The van der Waals surface area contributed by atoms with E-state index in [4.69, 9.17) is 4.74 Å². The quantitative estimate of drug-likeness (QED) is 0.804. The summed E-state index contributed by atoms with van der Waals surface area (Å²) in [5.41, 5.74) is 2.15. The zero-order chi connectivity index (χ0) is 18.6. The Hall–Kier alpha value is -1.95. The maximum absolute atomic E-state index is 13.0. The molecule has 1 saturated heterocycles. The molecule has 26 heavy (non-hydrogen) atoms. The maximum atomic E-state index is 13.0. The Balaban J connectivity index is 1.80. The minimum Gasteiger partial charge on any atom is -0.380 e. The fourth-order valence-corrected chi connectivity index (χ4v) is 4.76. The van der Waals surface area contributed by atoms with Crippen molar-refractivity contribution < 1.29 is 13.2 Å². The number of hydrogen-bond donors (Lipinski definition) is 0. The molecule has 2 aromatic rings. The molecule has 0 unspecified atom stereocenters. The van der Waals surface area contributed by atoms with E-state index in [1.165, 1.54) is 0 Å². The van der Waals surface area contributed by atoms with E-state index in [0.29, 0.717) is 18.0 Å². The van der Waals surface area contributed by atoms with Crippen molar-refractivity contribution in [3.63, 3.8) is 0 Å². The standard InChI is InChI=1S/C21H25NO3S/c1-17-8-12-21(13-9-17)26(23,24)22-15-19(14-20(16-22)25-2)11-10-18-6-4-3-5-7-18/h3-13,19-20H,14-16H2,1-2H3/b11-10+/t19-,20+/m0/s1. The largest absolute Gasteiger partial charge is 0.380 e. The number of hydrogen-bond acceptors (Lipinski definition) is 3. The van der Waals surface area contributed by atoms with Gasteiger partial charge in [-0.1, -0.05) is 60.2 Å². The number of sulfonamides is 1. The number of benzene rings is 2. The molecule has 1 heterocycles. The van der Waals surface area contributed by atoms with Crippen LogP contribution in [0.2, 0.25) is 0 Å². The van der Waals surface area contributed by atoms with Crippen LogP contribution in [0.3, 0.4) is 0 Å². The molecule has 1 aliphatic heterocycles. The summed E-state index contributed by atoms with van der Waals surface area (Å²) < 4.78 is 33.1. The molecule has 5 heteroatoms. The number of ether oxygens (including phenoxy) is 1. The summed E-state index contributed by atoms with van der Waals surface area (Å²) in [6.07, 6.45) is 4.87. The molecule has 1 aliphatic rings. The Morgan fingerprint density at radius 3 is 2.38 bits per heavy atom. The van der Waals surface area contributed by atoms with E-state index in [1.54, 1.807) is 23.5 Å². The molecule has 0 aromatic heterocycles. The van der Waals surface area contributed by atoms with Gasteiger partial charge < -0.3 is 4.74 Å². The van der Waals surface area contributed by atoms with E-state index in [2.05, 4.69) is 12.2 Å². The summed E-state index contributed by atoms with van der Waals surface area (Å²) in [4.78, 5) is 0.339. The van der Waals surface area contributed by atoms with Crippen molar-refractivity contribution in [1.29, 1.82) is 0 Å². The second-order valence-corrected chi connectivity index (χ2v) is 8.70. The average molecular weight is 372 g/mol. The van der Waals surface area contributed by atoms with Crippen LogP contribution in [0.4, 0.5) is 0 Å². The molecule has 2 atom stereocenters. The Morgan fingerprint density at radius 2 is 1.73 bits per heavy atom. The third-order valence-electron chi connectivity index (χ3n) is 4.76. The first-order chi connectivity index (χ1) is 12.5. The van der Waals surface area contributed by atoms with Crippen molar-refractivity contribution in [2.45, 2.75) is 24.3 Å². The molecular weight excluding hydrogens is 346 g/mol. The van der Waals surface area contributed by atoms with Gasteiger partial charge in [0.2, 0.25) is 10.0 Å². The highest BCUT2D eigenvalue weighted by atomic mass is 32.2. The van der Waals surface area contributed by atoms with Crippen LogP contribution in [0.1, 0.15) is 17.5 Å². The highest BCUT2D eigenvalue weighted by Crippen LogP contribution is 2.26. The molecule has 1 fully saturated rings. The minimum absolute atomic E-state index is 0.102. The Bertz CT molecular complexity index is 845. The van der Waals surface area contributed by atoms with Gasteiger partial charge in [-0.15, -0.1) is 0 Å². The van der Waals surface area contributed by atoms with Crippen molar-refractivity contribution in [2.75, 3.05) is 20.2 Å². The van der Waals surface area contributed by atoms with Gasteiger partial charge in [-0.25, -0.2) is 8.42 Å². The molecule has 0 amide bonds. The van der Waals surface area contributed by atoms with Crippen LogP contribution in [0.15, 0.2) is 65.6 Å². The van der Waals surface area contributed by atoms with Gasteiger partial charge in [0, 0.05) is 20.2 Å². The van der Waals surface area contributed by atoms with Crippen LogP contribution >= 0.6 is 0 Å². The lowest BCUT2D eigenvalue weighted by Crippen LogP contribution is -2.46. The van der Waals surface area contributed by atoms with Gasteiger partial charge in [0.05, 0.1) is 11.0 Å². The van der Waals surface area contributed by atoms with Gasteiger partial charge >= 0.3 is 0 Å². The Kier molecular flexibility index (Phi) is 5.91. The van der Waals surface area contributed by atoms with Crippen LogP contribution in [0.25, 0.3) is 6.08 Å². The molecule has 4 nitrogen and oxygen atoms in total. The summed E-state index contributed by atoms with van der Waals surface area (Å²) in [5, 5.41) is 0. The number of piperidine rings is 1. The zero-order valence-corrected chi connectivity index (χ0v) is 16.0. The van der Waals surface area contributed by atoms with Gasteiger partial charge in [-0.05, 0) is 37.0 Å². The summed E-state index contributed by atoms with van der Waals surface area (Å²) in [6, 6.07) is 17.1. The summed E-state index contributed by atoms with van der Waals surface area (Å²) in [7, 11) is -1.87. The molecule has 3 rings (SSSR count). The van der Waals surface area contributed by atoms with Crippen LogP contribution in [0, 0.1) is 12.8 Å². The smallest absolute Gasteiger partial charge is 0.243 e. The fourth-order valence-electron chi connectivity index (χ4n) is 3.23. The van der Waals surface area contributed by atoms with Crippen molar-refractivity contribution in [2.24, 2.45) is 5.92 Å². The van der Waals surface area contributed by atoms with Crippen molar-refractivity contribution in [1.82, 2.24) is 4.31 Å². The van der Waals surface area contributed by atoms with Crippen LogP contribution in [-0.2, 0) is 14.8 Å². The number of nitrogens with zero attached hydrogens (tertiary/aromatic N) is 1. The average Bonchev–Trinajstić information content (AvgIpc) is 2.67. The van der Waals surface area contributed by atoms with E-state index in [-0.39, 0.29) is 12.0 Å². The second kappa shape index (κ2) is 8.16. The summed E-state index contributed by atoms with van der Waals surface area (Å²) in [6.45, 7) is 2.81. The molecule has 2 aromatic carbocycles. The van der Waals surface area contributed by atoms with Crippen molar-refractivity contribution in [3.8, 4) is 0 Å². The maximum Gasteiger partial charge on any atom is 0.243 e. The molecule has 0 radical (unpaired) electrons. The lowest BCUT2D eigenvalue weighted by molar-refractivity contribution is 0.0437. The third-order valence-corrected chi connectivity index (χ3v) is 6.61. The first-order valence-corrected chi connectivity index (χ1v) is 10.3. The fraction of sp³-hybridized carbons (Fsp3) is 0.333. The topological polar surface area (TPSA) is 46.6 Å². The molecule has 0 spiro atoms. The van der Waals surface area contributed by atoms with Gasteiger partial charge in [0.15, 0.2) is 0 Å². The molecule has 0 aliphatic carbocycles. The first-order valence-electron chi connectivity index (χ1n) is 8.82. The predicted molar refractivity (Wildman–Crippen MR) is 104 cm³/mol.